The molecule has 6 heteroatoms. The third-order valence-electron chi connectivity index (χ3n) is 6.57. The molecule has 23 heavy (non-hydrogen) atoms. The number of ether oxygens (including phenoxy) is 1. The van der Waals surface area contributed by atoms with Crippen LogP contribution >= 0.6 is 0 Å². The molecule has 2 aliphatic heterocycles. The van der Waals surface area contributed by atoms with Gasteiger partial charge in [-0.1, -0.05) is 6.07 Å². The number of Topliss-reactive ketones (excluding diaryl/α,β-unsaturated/α-hetero) is 1. The number of piperidine rings is 1. The number of rotatable bonds is 0. The number of aliphatic hydroxyl groups excluding tert-OH is 1. The number of hydrogen-bond donors (Lipinski definition) is 3. The monoisotopic (exact) mass is 317 g/mol. The number of hydrogen-bond acceptors (Lipinski definition) is 6. The van der Waals surface area contributed by atoms with Crippen LogP contribution in [0.25, 0.3) is 0 Å². The molecule has 1 saturated heterocycles. The molecule has 1 aromatic rings. The Labute approximate surface area is 133 Å². The van der Waals surface area contributed by atoms with Gasteiger partial charge >= 0.3 is 0 Å². The van der Waals surface area contributed by atoms with Gasteiger partial charge in [0.15, 0.2) is 23.4 Å². The van der Waals surface area contributed by atoms with E-state index in [0.29, 0.717) is 25.1 Å². The van der Waals surface area contributed by atoms with Gasteiger partial charge in [0.05, 0.1) is 11.5 Å². The smallest absolute Gasteiger partial charge is 0.177 e. The van der Waals surface area contributed by atoms with E-state index in [-0.39, 0.29) is 24.0 Å². The van der Waals surface area contributed by atoms with Gasteiger partial charge < -0.3 is 25.0 Å². The molecule has 3 unspecified atom stereocenters. The van der Waals surface area contributed by atoms with Crippen LogP contribution in [0, 0.1) is 0 Å². The van der Waals surface area contributed by atoms with Crippen LogP contribution in [0.3, 0.4) is 0 Å². The van der Waals surface area contributed by atoms with Crippen molar-refractivity contribution in [3.63, 3.8) is 0 Å². The number of benzene rings is 1. The molecule has 0 radical (unpaired) electrons. The molecule has 5 atom stereocenters. The van der Waals surface area contributed by atoms with E-state index in [9.17, 15) is 20.1 Å². The van der Waals surface area contributed by atoms with E-state index in [4.69, 9.17) is 4.74 Å². The lowest BCUT2D eigenvalue weighted by molar-refractivity contribution is -0.226. The molecule has 0 amide bonds. The van der Waals surface area contributed by atoms with Crippen LogP contribution in [-0.4, -0.2) is 63.4 Å². The van der Waals surface area contributed by atoms with Crippen molar-refractivity contribution in [3.8, 4) is 11.5 Å². The first-order chi connectivity index (χ1) is 10.9. The van der Waals surface area contributed by atoms with Gasteiger partial charge in [0.2, 0.25) is 0 Å². The van der Waals surface area contributed by atoms with Gasteiger partial charge in [0, 0.05) is 18.0 Å². The molecule has 1 spiro atoms. The minimum absolute atomic E-state index is 0.00505. The summed E-state index contributed by atoms with van der Waals surface area (Å²) in [6, 6.07) is 3.16. The van der Waals surface area contributed by atoms with Gasteiger partial charge in [0.1, 0.15) is 5.60 Å². The number of likely N-dealkylation sites (N-methyl/N-ethyl adjacent to an activating group) is 1. The molecule has 3 N–H and O–H groups in total. The van der Waals surface area contributed by atoms with Crippen molar-refractivity contribution in [2.24, 2.45) is 0 Å². The van der Waals surface area contributed by atoms with Gasteiger partial charge in [-0.25, -0.2) is 0 Å². The van der Waals surface area contributed by atoms with Gasteiger partial charge in [-0.05, 0) is 38.1 Å². The van der Waals surface area contributed by atoms with Crippen molar-refractivity contribution in [1.82, 2.24) is 4.90 Å². The van der Waals surface area contributed by atoms with Gasteiger partial charge in [-0.3, -0.25) is 4.79 Å². The van der Waals surface area contributed by atoms with Crippen LogP contribution in [0.1, 0.15) is 24.0 Å². The number of nitrogens with zero attached hydrogens (tertiary/aromatic N) is 1. The fourth-order valence-electron chi connectivity index (χ4n) is 5.58. The van der Waals surface area contributed by atoms with E-state index in [1.54, 1.807) is 6.07 Å². The number of phenols is 1. The van der Waals surface area contributed by atoms with Crippen LogP contribution in [0.5, 0.6) is 11.5 Å². The zero-order chi connectivity index (χ0) is 16.1. The number of carbonyl (C=O) groups is 1. The molecule has 6 nitrogen and oxygen atoms in total. The third kappa shape index (κ3) is 1.24. The quantitative estimate of drug-likeness (QED) is 0.609. The first kappa shape index (κ1) is 13.8. The van der Waals surface area contributed by atoms with Crippen molar-refractivity contribution in [2.75, 3.05) is 13.6 Å². The average molecular weight is 317 g/mol. The Morgan fingerprint density at radius 1 is 1.35 bits per heavy atom. The Hall–Kier alpha value is -1.63. The van der Waals surface area contributed by atoms with E-state index >= 15 is 0 Å². The minimum atomic E-state index is -1.44. The van der Waals surface area contributed by atoms with Gasteiger partial charge in [-0.15, -0.1) is 0 Å². The van der Waals surface area contributed by atoms with Crippen LogP contribution in [-0.2, 0) is 16.6 Å². The summed E-state index contributed by atoms with van der Waals surface area (Å²) in [6.45, 7) is 0.710. The summed E-state index contributed by atoms with van der Waals surface area (Å²) in [5.74, 6) is 0.111. The largest absolute Gasteiger partial charge is 0.504 e. The maximum absolute atomic E-state index is 12.6. The predicted octanol–water partition coefficient (Wildman–Crippen LogP) is -0.284. The van der Waals surface area contributed by atoms with Crippen LogP contribution in [0.2, 0.25) is 0 Å². The Balaban J connectivity index is 1.89. The second-order valence-electron chi connectivity index (χ2n) is 7.38. The maximum atomic E-state index is 12.6. The molecule has 122 valence electrons. The van der Waals surface area contributed by atoms with Crippen molar-refractivity contribution in [2.45, 2.75) is 48.5 Å². The Morgan fingerprint density at radius 2 is 2.13 bits per heavy atom. The highest BCUT2D eigenvalue weighted by molar-refractivity contribution is 5.90. The summed E-state index contributed by atoms with van der Waals surface area (Å²) in [4.78, 5) is 14.6. The van der Waals surface area contributed by atoms with Crippen molar-refractivity contribution < 1.29 is 24.9 Å². The highest BCUT2D eigenvalue weighted by atomic mass is 16.5. The molecule has 4 aliphatic rings. The first-order valence-electron chi connectivity index (χ1n) is 8.06. The second-order valence-corrected chi connectivity index (χ2v) is 7.38. The molecule has 2 bridgehead atoms. The van der Waals surface area contributed by atoms with Gasteiger partial charge in [-0.2, -0.15) is 0 Å². The van der Waals surface area contributed by atoms with Crippen LogP contribution in [0.15, 0.2) is 12.1 Å². The van der Waals surface area contributed by atoms with Crippen LogP contribution < -0.4 is 4.74 Å². The van der Waals surface area contributed by atoms with E-state index < -0.39 is 23.2 Å². The third-order valence-corrected chi connectivity index (χ3v) is 6.57. The van der Waals surface area contributed by atoms with Crippen molar-refractivity contribution in [3.05, 3.63) is 23.3 Å². The highest BCUT2D eigenvalue weighted by Crippen LogP contribution is 2.64. The highest BCUT2D eigenvalue weighted by Gasteiger charge is 2.75. The molecule has 2 heterocycles. The molecule has 0 aromatic heterocycles. The first-order valence-corrected chi connectivity index (χ1v) is 8.06. The van der Waals surface area contributed by atoms with E-state index in [1.807, 2.05) is 13.1 Å². The SMILES string of the molecule is CN1CC[C@]23c4c5ccc(O)c4O[C@H]2C(=O)CC(O)C3(O)C1C5. The van der Waals surface area contributed by atoms with E-state index in [2.05, 4.69) is 4.90 Å². The van der Waals surface area contributed by atoms with E-state index in [0.717, 1.165) is 11.1 Å². The standard InChI is InChI=1S/C17H19NO5/c1-18-5-4-16-13-8-2-3-9(19)14(13)23-15(16)10(20)7-12(21)17(16,22)11(18)6-8/h2-3,11-12,15,19,21-22H,4-7H2,1H3/t11?,12?,15-,16-,17?/m0/s1. The van der Waals surface area contributed by atoms with Gasteiger partial charge in [0.25, 0.3) is 0 Å². The van der Waals surface area contributed by atoms with E-state index in [1.165, 1.54) is 0 Å². The van der Waals surface area contributed by atoms with Crippen LogP contribution in [0.4, 0.5) is 0 Å². The topological polar surface area (TPSA) is 90.2 Å². The molecule has 2 aliphatic carbocycles. The summed E-state index contributed by atoms with van der Waals surface area (Å²) in [5.41, 5.74) is -0.671. The fourth-order valence-corrected chi connectivity index (χ4v) is 5.58. The maximum Gasteiger partial charge on any atom is 0.177 e. The number of carbonyl (C=O) groups excluding carboxylic acids is 1. The average Bonchev–Trinajstić information content (AvgIpc) is 2.86. The summed E-state index contributed by atoms with van der Waals surface area (Å²) in [7, 11) is 1.94. The lowest BCUT2D eigenvalue weighted by atomic mass is 9.48. The zero-order valence-electron chi connectivity index (χ0n) is 12.8. The summed E-state index contributed by atoms with van der Waals surface area (Å²) in [6.07, 6.45) is -0.970. The summed E-state index contributed by atoms with van der Waals surface area (Å²) < 4.78 is 5.88. The number of likely N-dealkylation sites (tertiary alicyclic amines) is 1. The predicted molar refractivity (Wildman–Crippen MR) is 79.5 cm³/mol. The Morgan fingerprint density at radius 3 is 2.91 bits per heavy atom. The lowest BCUT2D eigenvalue weighted by Crippen LogP contribution is -2.80. The second kappa shape index (κ2) is 3.88. The zero-order valence-corrected chi connectivity index (χ0v) is 12.8. The molecule has 1 saturated carbocycles. The molecule has 2 fully saturated rings. The summed E-state index contributed by atoms with van der Waals surface area (Å²) >= 11 is 0. The lowest BCUT2D eigenvalue weighted by Gasteiger charge is -2.63. The number of ketones is 1. The normalized spacial score (nSPS) is 44.0. The Bertz CT molecular complexity index is 749. The number of aromatic hydroxyl groups is 1. The summed E-state index contributed by atoms with van der Waals surface area (Å²) in [5, 5.41) is 32.5. The molecular formula is C17H19NO5. The number of aliphatic hydroxyl groups is 2. The van der Waals surface area contributed by atoms with Crippen molar-refractivity contribution in [1.29, 1.82) is 0 Å². The minimum Gasteiger partial charge on any atom is -0.504 e. The molecular weight excluding hydrogens is 298 g/mol. The molecule has 1 aromatic carbocycles. The molecule has 5 rings (SSSR count). The van der Waals surface area contributed by atoms with Crippen molar-refractivity contribution >= 4 is 5.78 Å². The number of phenolic OH excluding ortho intramolecular Hbond substituents is 1. The fraction of sp³-hybridized carbons (Fsp3) is 0.588. The Kier molecular flexibility index (Phi) is 2.33.